The fourth-order valence-corrected chi connectivity index (χ4v) is 4.16. The molecule has 3 nitrogen and oxygen atoms in total. The molecule has 2 rings (SSSR count). The highest BCUT2D eigenvalue weighted by Gasteiger charge is 2.23. The van der Waals surface area contributed by atoms with E-state index < -0.39 is 16.8 Å². The van der Waals surface area contributed by atoms with Crippen molar-refractivity contribution in [3.63, 3.8) is 0 Å². The molecule has 4 heteroatoms. The van der Waals surface area contributed by atoms with Crippen molar-refractivity contribution in [2.75, 3.05) is 0 Å². The number of hydrogen-bond acceptors (Lipinski definition) is 2. The van der Waals surface area contributed by atoms with Gasteiger partial charge in [-0.25, -0.2) is 4.79 Å². The van der Waals surface area contributed by atoms with Gasteiger partial charge in [-0.2, -0.15) is 0 Å². The van der Waals surface area contributed by atoms with E-state index in [1.807, 2.05) is 0 Å². The van der Waals surface area contributed by atoms with Crippen LogP contribution in [0.25, 0.3) is 0 Å². The smallest absolute Gasteiger partial charge is 0.336 e. The SMILES string of the molecule is O=C(O)c1ccccc1S(=O)C1CCCCCC1. The quantitative estimate of drug-likeness (QED) is 0.855. The molecule has 0 saturated heterocycles. The van der Waals surface area contributed by atoms with Gasteiger partial charge in [0.25, 0.3) is 0 Å². The van der Waals surface area contributed by atoms with E-state index >= 15 is 0 Å². The zero-order valence-corrected chi connectivity index (χ0v) is 11.1. The molecule has 0 heterocycles. The molecule has 0 aliphatic heterocycles. The van der Waals surface area contributed by atoms with Gasteiger partial charge in [0.05, 0.1) is 21.3 Å². The van der Waals surface area contributed by atoms with Gasteiger partial charge in [-0.3, -0.25) is 4.21 Å². The van der Waals surface area contributed by atoms with Crippen molar-refractivity contribution < 1.29 is 14.1 Å². The van der Waals surface area contributed by atoms with Crippen LogP contribution in [0.2, 0.25) is 0 Å². The molecule has 1 unspecified atom stereocenters. The molecule has 1 fully saturated rings. The van der Waals surface area contributed by atoms with Crippen LogP contribution in [0.3, 0.4) is 0 Å². The summed E-state index contributed by atoms with van der Waals surface area (Å²) in [5.74, 6) is -0.993. The topological polar surface area (TPSA) is 54.4 Å². The Bertz CT molecular complexity index is 448. The first kappa shape index (κ1) is 13.3. The van der Waals surface area contributed by atoms with Gasteiger partial charge in [-0.15, -0.1) is 0 Å². The Kier molecular flexibility index (Phi) is 4.53. The normalized spacial score (nSPS) is 19.1. The third-order valence-electron chi connectivity index (χ3n) is 3.44. The molecular formula is C14H18O3S. The molecule has 1 atom stereocenters. The largest absolute Gasteiger partial charge is 0.478 e. The predicted molar refractivity (Wildman–Crippen MR) is 71.3 cm³/mol. The zero-order valence-electron chi connectivity index (χ0n) is 10.3. The number of benzene rings is 1. The Hall–Kier alpha value is -1.16. The molecule has 1 aliphatic carbocycles. The van der Waals surface area contributed by atoms with E-state index in [4.69, 9.17) is 5.11 Å². The highest BCUT2D eigenvalue weighted by molar-refractivity contribution is 7.85. The first-order valence-electron chi connectivity index (χ1n) is 6.43. The molecule has 0 radical (unpaired) electrons. The van der Waals surface area contributed by atoms with E-state index in [1.54, 1.807) is 18.2 Å². The first-order valence-corrected chi connectivity index (χ1v) is 7.64. The molecule has 0 amide bonds. The minimum Gasteiger partial charge on any atom is -0.478 e. The summed E-state index contributed by atoms with van der Waals surface area (Å²) in [5, 5.41) is 9.25. The molecule has 1 aromatic rings. The fourth-order valence-electron chi connectivity index (χ4n) is 2.45. The summed E-state index contributed by atoms with van der Waals surface area (Å²) in [5.41, 5.74) is 0.181. The van der Waals surface area contributed by atoms with Gasteiger partial charge in [-0.05, 0) is 25.0 Å². The van der Waals surface area contributed by atoms with Crippen LogP contribution in [0.15, 0.2) is 29.2 Å². The number of rotatable bonds is 3. The Balaban J connectivity index is 2.24. The van der Waals surface area contributed by atoms with Crippen molar-refractivity contribution in [2.45, 2.75) is 48.7 Å². The maximum absolute atomic E-state index is 12.5. The third-order valence-corrected chi connectivity index (χ3v) is 5.31. The number of hydrogen-bond donors (Lipinski definition) is 1. The lowest BCUT2D eigenvalue weighted by molar-refractivity contribution is 0.0693. The van der Waals surface area contributed by atoms with Crippen LogP contribution in [-0.4, -0.2) is 20.5 Å². The summed E-state index contributed by atoms with van der Waals surface area (Å²) in [4.78, 5) is 11.6. The van der Waals surface area contributed by atoms with Crippen LogP contribution in [-0.2, 0) is 10.8 Å². The van der Waals surface area contributed by atoms with Gasteiger partial charge in [0, 0.05) is 5.25 Å². The molecule has 18 heavy (non-hydrogen) atoms. The molecule has 1 saturated carbocycles. The van der Waals surface area contributed by atoms with Crippen LogP contribution in [0.5, 0.6) is 0 Å². The lowest BCUT2D eigenvalue weighted by atomic mass is 10.2. The summed E-state index contributed by atoms with van der Waals surface area (Å²) in [6, 6.07) is 6.66. The standard InChI is InChI=1S/C14H18O3S/c15-14(16)12-9-5-6-10-13(12)18(17)11-7-3-1-2-4-8-11/h5-6,9-11H,1-4,7-8H2,(H,15,16). The monoisotopic (exact) mass is 266 g/mol. The van der Waals surface area contributed by atoms with Gasteiger partial charge in [0.2, 0.25) is 0 Å². The second-order valence-electron chi connectivity index (χ2n) is 4.71. The third kappa shape index (κ3) is 2.99. The minimum atomic E-state index is -1.19. The highest BCUT2D eigenvalue weighted by atomic mass is 32.2. The number of carbonyl (C=O) groups is 1. The van der Waals surface area contributed by atoms with E-state index in [0.29, 0.717) is 4.90 Å². The van der Waals surface area contributed by atoms with Crippen LogP contribution in [0, 0.1) is 0 Å². The van der Waals surface area contributed by atoms with Gasteiger partial charge in [0.1, 0.15) is 0 Å². The lowest BCUT2D eigenvalue weighted by Gasteiger charge is -2.15. The van der Waals surface area contributed by atoms with E-state index in [2.05, 4.69) is 0 Å². The van der Waals surface area contributed by atoms with Gasteiger partial charge < -0.3 is 5.11 Å². The Morgan fingerprint density at radius 3 is 2.33 bits per heavy atom. The highest BCUT2D eigenvalue weighted by Crippen LogP contribution is 2.26. The van der Waals surface area contributed by atoms with Crippen LogP contribution < -0.4 is 0 Å². The van der Waals surface area contributed by atoms with Gasteiger partial charge >= 0.3 is 5.97 Å². The Morgan fingerprint density at radius 1 is 1.11 bits per heavy atom. The summed E-state index contributed by atoms with van der Waals surface area (Å²) < 4.78 is 12.5. The van der Waals surface area contributed by atoms with Crippen LogP contribution in [0.1, 0.15) is 48.9 Å². The lowest BCUT2D eigenvalue weighted by Crippen LogP contribution is -2.17. The van der Waals surface area contributed by atoms with Crippen LogP contribution in [0.4, 0.5) is 0 Å². The fraction of sp³-hybridized carbons (Fsp3) is 0.500. The zero-order chi connectivity index (χ0) is 13.0. The second kappa shape index (κ2) is 6.14. The molecular weight excluding hydrogens is 248 g/mol. The summed E-state index contributed by atoms with van der Waals surface area (Å²) in [6.45, 7) is 0. The Morgan fingerprint density at radius 2 is 1.72 bits per heavy atom. The summed E-state index contributed by atoms with van der Waals surface area (Å²) in [6.07, 6.45) is 6.50. The first-order chi connectivity index (χ1) is 8.70. The molecule has 0 spiro atoms. The van der Waals surface area contributed by atoms with E-state index in [-0.39, 0.29) is 10.8 Å². The summed E-state index contributed by atoms with van der Waals surface area (Å²) in [7, 11) is -1.19. The minimum absolute atomic E-state index is 0.119. The maximum atomic E-state index is 12.5. The van der Waals surface area contributed by atoms with Crippen molar-refractivity contribution in [1.29, 1.82) is 0 Å². The van der Waals surface area contributed by atoms with E-state index in [9.17, 15) is 9.00 Å². The molecule has 0 bridgehead atoms. The maximum Gasteiger partial charge on any atom is 0.336 e. The molecule has 0 aromatic heterocycles. The average Bonchev–Trinajstić information content (AvgIpc) is 2.66. The van der Waals surface area contributed by atoms with Crippen molar-refractivity contribution >= 4 is 16.8 Å². The summed E-state index contributed by atoms with van der Waals surface area (Å²) >= 11 is 0. The van der Waals surface area contributed by atoms with Gasteiger partial charge in [0.15, 0.2) is 0 Å². The predicted octanol–water partition coefficient (Wildman–Crippen LogP) is 3.22. The van der Waals surface area contributed by atoms with E-state index in [1.165, 1.54) is 18.9 Å². The van der Waals surface area contributed by atoms with Crippen molar-refractivity contribution in [3.8, 4) is 0 Å². The van der Waals surface area contributed by atoms with Gasteiger partial charge in [-0.1, -0.05) is 37.8 Å². The molecule has 1 aliphatic rings. The second-order valence-corrected chi connectivity index (χ2v) is 6.41. The molecule has 1 aromatic carbocycles. The van der Waals surface area contributed by atoms with Crippen LogP contribution >= 0.6 is 0 Å². The van der Waals surface area contributed by atoms with Crippen molar-refractivity contribution in [3.05, 3.63) is 29.8 Å². The number of carboxylic acid groups (broad SMARTS) is 1. The Labute approximate surface area is 110 Å². The van der Waals surface area contributed by atoms with Crippen molar-refractivity contribution in [1.82, 2.24) is 0 Å². The van der Waals surface area contributed by atoms with Crippen molar-refractivity contribution in [2.24, 2.45) is 0 Å². The average molecular weight is 266 g/mol. The number of carboxylic acids is 1. The molecule has 1 N–H and O–H groups in total. The van der Waals surface area contributed by atoms with E-state index in [0.717, 1.165) is 25.7 Å². The molecule has 98 valence electrons. The number of aromatic carboxylic acids is 1.